The largest absolute Gasteiger partial charge is 0.352 e. The van der Waals surface area contributed by atoms with Crippen LogP contribution in [0.5, 0.6) is 0 Å². The average molecular weight is 348 g/mol. The molecule has 2 aliphatic rings. The van der Waals surface area contributed by atoms with Crippen LogP contribution in [0.3, 0.4) is 0 Å². The molecule has 26 heavy (non-hydrogen) atoms. The Morgan fingerprint density at radius 3 is 2.62 bits per heavy atom. The average Bonchev–Trinajstić information content (AvgIpc) is 3.28. The molecule has 0 radical (unpaired) electrons. The molecule has 2 N–H and O–H groups in total. The third-order valence-corrected chi connectivity index (χ3v) is 5.61. The Labute approximate surface area is 154 Å². The summed E-state index contributed by atoms with van der Waals surface area (Å²) < 4.78 is 0. The van der Waals surface area contributed by atoms with Crippen molar-refractivity contribution in [2.75, 3.05) is 6.54 Å². The normalized spacial score (nSPS) is 21.3. The zero-order chi connectivity index (χ0) is 17.9. The summed E-state index contributed by atoms with van der Waals surface area (Å²) >= 11 is 0. The molecule has 2 unspecified atom stereocenters. The van der Waals surface area contributed by atoms with Crippen LogP contribution in [0.15, 0.2) is 48.5 Å². The second kappa shape index (κ2) is 7.32. The number of nitrogens with one attached hydrogen (secondary N) is 2. The molecule has 0 spiro atoms. The minimum Gasteiger partial charge on any atom is -0.352 e. The molecule has 0 aromatic heterocycles. The minimum absolute atomic E-state index is 0.0294. The molecule has 2 amide bonds. The summed E-state index contributed by atoms with van der Waals surface area (Å²) in [6, 6.07) is 16.3. The van der Waals surface area contributed by atoms with Crippen LogP contribution in [-0.2, 0) is 11.2 Å². The van der Waals surface area contributed by atoms with E-state index in [2.05, 4.69) is 34.9 Å². The molecule has 1 aliphatic heterocycles. The van der Waals surface area contributed by atoms with Gasteiger partial charge in [-0.3, -0.25) is 9.59 Å². The molecule has 0 saturated carbocycles. The van der Waals surface area contributed by atoms with Gasteiger partial charge >= 0.3 is 0 Å². The maximum Gasteiger partial charge on any atom is 0.251 e. The zero-order valence-corrected chi connectivity index (χ0v) is 14.8. The van der Waals surface area contributed by atoms with E-state index in [4.69, 9.17) is 0 Å². The number of amides is 2. The predicted molar refractivity (Wildman–Crippen MR) is 101 cm³/mol. The summed E-state index contributed by atoms with van der Waals surface area (Å²) in [5, 5.41) is 6.00. The van der Waals surface area contributed by atoms with Gasteiger partial charge in [-0.15, -0.1) is 0 Å². The Kier molecular flexibility index (Phi) is 4.74. The third-order valence-electron chi connectivity index (χ3n) is 5.61. The first-order chi connectivity index (χ1) is 12.7. The van der Waals surface area contributed by atoms with Crippen LogP contribution in [0.1, 0.15) is 64.7 Å². The summed E-state index contributed by atoms with van der Waals surface area (Å²) in [7, 11) is 0. The van der Waals surface area contributed by atoms with Crippen molar-refractivity contribution in [2.45, 2.75) is 44.1 Å². The Balaban J connectivity index is 1.29. The summed E-state index contributed by atoms with van der Waals surface area (Å²) in [5.41, 5.74) is 4.64. The van der Waals surface area contributed by atoms with Crippen molar-refractivity contribution in [3.05, 3.63) is 70.8 Å². The molecule has 4 heteroatoms. The lowest BCUT2D eigenvalue weighted by molar-refractivity contribution is -0.119. The van der Waals surface area contributed by atoms with Crippen LogP contribution in [0.4, 0.5) is 0 Å². The van der Waals surface area contributed by atoms with Crippen molar-refractivity contribution < 1.29 is 9.59 Å². The van der Waals surface area contributed by atoms with Gasteiger partial charge in [0, 0.05) is 18.5 Å². The fraction of sp³-hybridized carbons (Fsp3) is 0.364. The summed E-state index contributed by atoms with van der Waals surface area (Å²) in [5.74, 6) is 0.628. The molecule has 1 fully saturated rings. The maximum absolute atomic E-state index is 12.4. The van der Waals surface area contributed by atoms with Crippen LogP contribution in [0.25, 0.3) is 0 Å². The van der Waals surface area contributed by atoms with Crippen molar-refractivity contribution in [2.24, 2.45) is 0 Å². The SMILES string of the molecule is O=C1CCC(c2ccc(C(=O)NCCC3CCc4ccccc43)cc2)N1. The van der Waals surface area contributed by atoms with E-state index in [1.807, 2.05) is 24.3 Å². The third kappa shape index (κ3) is 3.50. The molecular weight excluding hydrogens is 324 g/mol. The van der Waals surface area contributed by atoms with E-state index in [-0.39, 0.29) is 17.9 Å². The van der Waals surface area contributed by atoms with Gasteiger partial charge in [-0.1, -0.05) is 36.4 Å². The van der Waals surface area contributed by atoms with Crippen LogP contribution in [0, 0.1) is 0 Å². The molecule has 1 heterocycles. The van der Waals surface area contributed by atoms with E-state index in [1.165, 1.54) is 17.5 Å². The molecule has 1 saturated heterocycles. The van der Waals surface area contributed by atoms with Crippen molar-refractivity contribution in [1.82, 2.24) is 10.6 Å². The van der Waals surface area contributed by atoms with E-state index in [0.29, 0.717) is 24.4 Å². The maximum atomic E-state index is 12.4. The highest BCUT2D eigenvalue weighted by atomic mass is 16.2. The number of fused-ring (bicyclic) bond motifs is 1. The molecule has 2 aromatic carbocycles. The lowest BCUT2D eigenvalue weighted by Crippen LogP contribution is -2.25. The Bertz CT molecular complexity index is 813. The number of carbonyl (C=O) groups is 2. The van der Waals surface area contributed by atoms with Gasteiger partial charge in [-0.2, -0.15) is 0 Å². The highest BCUT2D eigenvalue weighted by Gasteiger charge is 2.23. The predicted octanol–water partition coefficient (Wildman–Crippen LogP) is 3.49. The fourth-order valence-corrected chi connectivity index (χ4v) is 4.14. The van der Waals surface area contributed by atoms with E-state index in [0.717, 1.165) is 24.8 Å². The van der Waals surface area contributed by atoms with Gasteiger partial charge in [0.2, 0.25) is 5.91 Å². The van der Waals surface area contributed by atoms with Gasteiger partial charge in [-0.05, 0) is 60.4 Å². The molecule has 2 atom stereocenters. The molecule has 1 aliphatic carbocycles. The zero-order valence-electron chi connectivity index (χ0n) is 14.8. The summed E-state index contributed by atoms with van der Waals surface area (Å²) in [6.07, 6.45) is 4.71. The van der Waals surface area contributed by atoms with Gasteiger partial charge in [0.25, 0.3) is 5.91 Å². The molecular formula is C22H24N2O2. The number of carbonyl (C=O) groups excluding carboxylic acids is 2. The van der Waals surface area contributed by atoms with Crippen LogP contribution < -0.4 is 10.6 Å². The van der Waals surface area contributed by atoms with Crippen molar-refractivity contribution >= 4 is 11.8 Å². The molecule has 134 valence electrons. The minimum atomic E-state index is -0.0294. The van der Waals surface area contributed by atoms with Crippen LogP contribution >= 0.6 is 0 Å². The molecule has 4 rings (SSSR count). The molecule has 2 aromatic rings. The van der Waals surface area contributed by atoms with Gasteiger partial charge in [0.1, 0.15) is 0 Å². The monoisotopic (exact) mass is 348 g/mol. The Morgan fingerprint density at radius 2 is 1.85 bits per heavy atom. The smallest absolute Gasteiger partial charge is 0.251 e. The first-order valence-electron chi connectivity index (χ1n) is 9.46. The highest BCUT2D eigenvalue weighted by molar-refractivity contribution is 5.94. The fourth-order valence-electron chi connectivity index (χ4n) is 4.14. The van der Waals surface area contributed by atoms with Crippen molar-refractivity contribution in [1.29, 1.82) is 0 Å². The number of rotatable bonds is 5. The second-order valence-electron chi connectivity index (χ2n) is 7.26. The van der Waals surface area contributed by atoms with Crippen LogP contribution in [0.2, 0.25) is 0 Å². The van der Waals surface area contributed by atoms with Gasteiger partial charge in [0.05, 0.1) is 6.04 Å². The van der Waals surface area contributed by atoms with Crippen molar-refractivity contribution in [3.63, 3.8) is 0 Å². The van der Waals surface area contributed by atoms with Gasteiger partial charge < -0.3 is 10.6 Å². The second-order valence-corrected chi connectivity index (χ2v) is 7.26. The number of hydrogen-bond acceptors (Lipinski definition) is 2. The quantitative estimate of drug-likeness (QED) is 0.869. The lowest BCUT2D eigenvalue weighted by atomic mass is 9.98. The van der Waals surface area contributed by atoms with Gasteiger partial charge in [0.15, 0.2) is 0 Å². The Hall–Kier alpha value is -2.62. The number of aryl methyl sites for hydroxylation is 1. The van der Waals surface area contributed by atoms with E-state index < -0.39 is 0 Å². The summed E-state index contributed by atoms with van der Waals surface area (Å²) in [6.45, 7) is 0.693. The van der Waals surface area contributed by atoms with E-state index >= 15 is 0 Å². The summed E-state index contributed by atoms with van der Waals surface area (Å²) in [4.78, 5) is 23.7. The Morgan fingerprint density at radius 1 is 1.04 bits per heavy atom. The van der Waals surface area contributed by atoms with E-state index in [1.54, 1.807) is 0 Å². The number of benzene rings is 2. The van der Waals surface area contributed by atoms with Crippen LogP contribution in [-0.4, -0.2) is 18.4 Å². The first kappa shape index (κ1) is 16.8. The van der Waals surface area contributed by atoms with Gasteiger partial charge in [-0.25, -0.2) is 0 Å². The number of hydrogen-bond donors (Lipinski definition) is 2. The topological polar surface area (TPSA) is 58.2 Å². The highest BCUT2D eigenvalue weighted by Crippen LogP contribution is 2.34. The molecule has 4 nitrogen and oxygen atoms in total. The standard InChI is InChI=1S/C22H24N2O2/c25-21-12-11-20(24-21)17-7-9-18(10-8-17)22(26)23-14-13-16-6-5-15-3-1-2-4-19(15)16/h1-4,7-10,16,20H,5-6,11-14H2,(H,23,26)(H,24,25). The first-order valence-corrected chi connectivity index (χ1v) is 9.46. The van der Waals surface area contributed by atoms with E-state index in [9.17, 15) is 9.59 Å². The molecule has 0 bridgehead atoms. The lowest BCUT2D eigenvalue weighted by Gasteiger charge is -2.13. The van der Waals surface area contributed by atoms with Crippen molar-refractivity contribution in [3.8, 4) is 0 Å².